The number of β-amino-alcohol motifs (C(OH)–C–C–N with tert-alkyl or cyclic N) is 1. The van der Waals surface area contributed by atoms with Gasteiger partial charge in [-0.25, -0.2) is 0 Å². The van der Waals surface area contributed by atoms with Gasteiger partial charge in [0.15, 0.2) is 0 Å². The maximum Gasteiger partial charge on any atom is 0.225 e. The quantitative estimate of drug-likeness (QED) is 0.772. The molecule has 132 valence electrons. The summed E-state index contributed by atoms with van der Waals surface area (Å²) in [5.41, 5.74) is 0. The molecule has 0 radical (unpaired) electrons. The number of nitrogens with one attached hydrogen (secondary N) is 1. The number of hydrogen-bond donors (Lipinski definition) is 2. The monoisotopic (exact) mass is 355 g/mol. The summed E-state index contributed by atoms with van der Waals surface area (Å²) in [6, 6.07) is 0.383. The normalized spacial score (nSPS) is 25.5. The Hall–Kier alpha value is -0.0700. The highest BCUT2D eigenvalue weighted by Gasteiger charge is 2.35. The summed E-state index contributed by atoms with van der Waals surface area (Å²) in [4.78, 5) is 16.9. The van der Waals surface area contributed by atoms with Gasteiger partial charge in [0, 0.05) is 38.1 Å². The number of halogens is 2. The number of carbonyl (C=O) groups is 1. The van der Waals surface area contributed by atoms with Crippen LogP contribution in [0, 0.1) is 11.8 Å². The SMILES string of the molecule is CCC1CN(C(=O)C(C)C2CNC2)CCN1CC(C)O.Cl.Cl. The smallest absolute Gasteiger partial charge is 0.225 e. The molecular weight excluding hydrogens is 325 g/mol. The zero-order valence-electron chi connectivity index (χ0n) is 13.8. The van der Waals surface area contributed by atoms with Crippen LogP contribution in [-0.2, 0) is 4.79 Å². The Bertz CT molecular complexity index is 341. The molecule has 2 fully saturated rings. The van der Waals surface area contributed by atoms with Crippen LogP contribution in [0.3, 0.4) is 0 Å². The highest BCUT2D eigenvalue weighted by atomic mass is 35.5. The number of rotatable bonds is 5. The van der Waals surface area contributed by atoms with Gasteiger partial charge in [-0.15, -0.1) is 24.8 Å². The first-order valence-corrected chi connectivity index (χ1v) is 7.94. The largest absolute Gasteiger partial charge is 0.392 e. The lowest BCUT2D eigenvalue weighted by molar-refractivity contribution is -0.140. The van der Waals surface area contributed by atoms with Crippen LogP contribution in [0.4, 0.5) is 0 Å². The van der Waals surface area contributed by atoms with Gasteiger partial charge < -0.3 is 15.3 Å². The molecule has 0 aromatic carbocycles. The summed E-state index contributed by atoms with van der Waals surface area (Å²) in [6.07, 6.45) is 0.724. The van der Waals surface area contributed by atoms with Gasteiger partial charge in [-0.2, -0.15) is 0 Å². The summed E-state index contributed by atoms with van der Waals surface area (Å²) in [6.45, 7) is 11.2. The Morgan fingerprint density at radius 1 is 1.27 bits per heavy atom. The van der Waals surface area contributed by atoms with Gasteiger partial charge in [0.1, 0.15) is 0 Å². The molecule has 0 saturated carbocycles. The average Bonchev–Trinajstić information content (AvgIpc) is 2.35. The van der Waals surface area contributed by atoms with Gasteiger partial charge in [0.2, 0.25) is 5.91 Å². The molecule has 2 rings (SSSR count). The molecule has 3 unspecified atom stereocenters. The summed E-state index contributed by atoms with van der Waals surface area (Å²) >= 11 is 0. The first-order valence-electron chi connectivity index (χ1n) is 7.94. The Balaban J connectivity index is 0.00000220. The van der Waals surface area contributed by atoms with Crippen molar-refractivity contribution in [2.75, 3.05) is 39.3 Å². The summed E-state index contributed by atoms with van der Waals surface area (Å²) in [5, 5.41) is 12.8. The van der Waals surface area contributed by atoms with Crippen molar-refractivity contribution in [3.8, 4) is 0 Å². The molecule has 22 heavy (non-hydrogen) atoms. The Morgan fingerprint density at radius 2 is 1.91 bits per heavy atom. The zero-order chi connectivity index (χ0) is 14.7. The van der Waals surface area contributed by atoms with Crippen LogP contribution >= 0.6 is 24.8 Å². The van der Waals surface area contributed by atoms with Crippen LogP contribution in [0.1, 0.15) is 27.2 Å². The number of nitrogens with zero attached hydrogens (tertiary/aromatic N) is 2. The summed E-state index contributed by atoms with van der Waals surface area (Å²) in [7, 11) is 0. The first kappa shape index (κ1) is 21.9. The first-order chi connectivity index (χ1) is 9.52. The van der Waals surface area contributed by atoms with Crippen molar-refractivity contribution in [1.29, 1.82) is 0 Å². The second kappa shape index (κ2) is 9.93. The van der Waals surface area contributed by atoms with E-state index >= 15 is 0 Å². The molecule has 2 N–H and O–H groups in total. The van der Waals surface area contributed by atoms with E-state index in [9.17, 15) is 9.90 Å². The Labute approximate surface area is 146 Å². The summed E-state index contributed by atoms with van der Waals surface area (Å²) < 4.78 is 0. The molecule has 2 aliphatic rings. The van der Waals surface area contributed by atoms with E-state index in [1.807, 2.05) is 11.8 Å². The lowest BCUT2D eigenvalue weighted by atomic mass is 9.87. The van der Waals surface area contributed by atoms with E-state index in [4.69, 9.17) is 0 Å². The summed E-state index contributed by atoms with van der Waals surface area (Å²) in [5.74, 6) is 0.960. The van der Waals surface area contributed by atoms with Crippen molar-refractivity contribution in [3.63, 3.8) is 0 Å². The average molecular weight is 356 g/mol. The van der Waals surface area contributed by atoms with E-state index < -0.39 is 0 Å². The van der Waals surface area contributed by atoms with Gasteiger partial charge >= 0.3 is 0 Å². The molecule has 2 aliphatic heterocycles. The number of aliphatic hydroxyl groups excluding tert-OH is 1. The fraction of sp³-hybridized carbons (Fsp3) is 0.933. The van der Waals surface area contributed by atoms with Crippen molar-refractivity contribution < 1.29 is 9.90 Å². The fourth-order valence-electron chi connectivity index (χ4n) is 3.21. The third-order valence-corrected chi connectivity index (χ3v) is 4.80. The number of carbonyl (C=O) groups excluding carboxylic acids is 1. The molecule has 3 atom stereocenters. The third-order valence-electron chi connectivity index (χ3n) is 4.80. The Kier molecular flexibility index (Phi) is 9.90. The van der Waals surface area contributed by atoms with E-state index in [0.29, 0.717) is 24.4 Å². The molecular formula is C15H31Cl2N3O2. The fourth-order valence-corrected chi connectivity index (χ4v) is 3.21. The standard InChI is InChI=1S/C15H29N3O2.2ClH/c1-4-14-10-18(6-5-17(14)9-11(2)19)15(20)12(3)13-7-16-8-13;;/h11-14,16,19H,4-10H2,1-3H3;2*1H. The number of amides is 1. The van der Waals surface area contributed by atoms with E-state index in [1.165, 1.54) is 0 Å². The molecule has 2 saturated heterocycles. The van der Waals surface area contributed by atoms with Crippen LogP contribution in [0.5, 0.6) is 0 Å². The lowest BCUT2D eigenvalue weighted by Crippen LogP contribution is -2.58. The van der Waals surface area contributed by atoms with Gasteiger partial charge in [0.05, 0.1) is 6.10 Å². The minimum atomic E-state index is -0.300. The van der Waals surface area contributed by atoms with Crippen LogP contribution in [0.25, 0.3) is 0 Å². The number of piperazine rings is 1. The highest BCUT2D eigenvalue weighted by Crippen LogP contribution is 2.21. The maximum atomic E-state index is 12.6. The van der Waals surface area contributed by atoms with Crippen molar-refractivity contribution in [3.05, 3.63) is 0 Å². The molecule has 2 heterocycles. The molecule has 1 amide bonds. The van der Waals surface area contributed by atoms with Crippen molar-refractivity contribution in [2.24, 2.45) is 11.8 Å². The van der Waals surface area contributed by atoms with Crippen LogP contribution < -0.4 is 5.32 Å². The molecule has 0 aromatic rings. The van der Waals surface area contributed by atoms with Gasteiger partial charge in [0.25, 0.3) is 0 Å². The molecule has 5 nitrogen and oxygen atoms in total. The number of aliphatic hydroxyl groups is 1. The van der Waals surface area contributed by atoms with E-state index in [2.05, 4.69) is 24.1 Å². The Morgan fingerprint density at radius 3 is 2.36 bits per heavy atom. The second-order valence-electron chi connectivity index (χ2n) is 6.40. The maximum absolute atomic E-state index is 12.6. The second-order valence-corrected chi connectivity index (χ2v) is 6.40. The van der Waals surface area contributed by atoms with Crippen molar-refractivity contribution in [1.82, 2.24) is 15.1 Å². The molecule has 0 aromatic heterocycles. The lowest BCUT2D eigenvalue weighted by Gasteiger charge is -2.43. The van der Waals surface area contributed by atoms with Gasteiger partial charge in [-0.1, -0.05) is 13.8 Å². The molecule has 0 aliphatic carbocycles. The predicted octanol–water partition coefficient (Wildman–Crippen LogP) is 0.989. The predicted molar refractivity (Wildman–Crippen MR) is 93.9 cm³/mol. The van der Waals surface area contributed by atoms with E-state index in [1.54, 1.807) is 0 Å². The molecule has 0 spiro atoms. The van der Waals surface area contributed by atoms with Crippen LogP contribution in [-0.4, -0.2) is 72.2 Å². The van der Waals surface area contributed by atoms with Crippen molar-refractivity contribution in [2.45, 2.75) is 39.3 Å². The minimum absolute atomic E-state index is 0. The highest BCUT2D eigenvalue weighted by molar-refractivity contribution is 5.85. The molecule has 7 heteroatoms. The van der Waals surface area contributed by atoms with Crippen LogP contribution in [0.2, 0.25) is 0 Å². The van der Waals surface area contributed by atoms with E-state index in [0.717, 1.165) is 39.1 Å². The van der Waals surface area contributed by atoms with Crippen LogP contribution in [0.15, 0.2) is 0 Å². The topological polar surface area (TPSA) is 55.8 Å². The number of hydrogen-bond acceptors (Lipinski definition) is 4. The van der Waals surface area contributed by atoms with Gasteiger partial charge in [-0.3, -0.25) is 9.69 Å². The van der Waals surface area contributed by atoms with Gasteiger partial charge in [-0.05, 0) is 32.4 Å². The third kappa shape index (κ3) is 5.24. The molecule has 0 bridgehead atoms. The minimum Gasteiger partial charge on any atom is -0.392 e. The zero-order valence-corrected chi connectivity index (χ0v) is 15.5. The van der Waals surface area contributed by atoms with Crippen molar-refractivity contribution >= 4 is 30.7 Å². The van der Waals surface area contributed by atoms with E-state index in [-0.39, 0.29) is 36.8 Å².